The third kappa shape index (κ3) is 8.17. The Morgan fingerprint density at radius 1 is 0.681 bits per heavy atom. The van der Waals surface area contributed by atoms with Gasteiger partial charge in [-0.3, -0.25) is 20.2 Å². The molecule has 0 bridgehead atoms. The van der Waals surface area contributed by atoms with Gasteiger partial charge in [0.1, 0.15) is 22.6 Å². The lowest BCUT2D eigenvalue weighted by Gasteiger charge is -2.10. The van der Waals surface area contributed by atoms with Crippen LogP contribution in [0.1, 0.15) is 11.1 Å². The van der Waals surface area contributed by atoms with Gasteiger partial charge in [-0.2, -0.15) is 0 Å². The number of nitro groups is 2. The number of nitrogen functional groups attached to an aromatic ring is 1. The highest BCUT2D eigenvalue weighted by atomic mass is 35.5. The number of nitrogens with zero attached hydrogens (tertiary/aromatic N) is 4. The minimum atomic E-state index is -0.519. The number of fused-ring (bicyclic) bond motifs is 2. The second-order valence-electron chi connectivity index (χ2n) is 9.86. The minimum Gasteiger partial charge on any atom is -0.399 e. The largest absolute Gasteiger partial charge is 0.399 e. The van der Waals surface area contributed by atoms with Gasteiger partial charge in [0.15, 0.2) is 0 Å². The number of aryl methyl sites for hydroxylation is 2. The summed E-state index contributed by atoms with van der Waals surface area (Å²) in [5, 5.41) is 27.8. The number of nitro benzene ring substituents is 2. The summed E-state index contributed by atoms with van der Waals surface area (Å²) in [6.45, 7) is 3.39. The van der Waals surface area contributed by atoms with Gasteiger partial charge >= 0.3 is 0 Å². The first-order chi connectivity index (χ1) is 22.3. The molecule has 3 N–H and O–H groups in total. The highest BCUT2D eigenvalue weighted by molar-refractivity contribution is 6.34. The van der Waals surface area contributed by atoms with Crippen molar-refractivity contribution < 1.29 is 18.6 Å². The Hall–Kier alpha value is -5.17. The molecule has 0 aliphatic carbocycles. The van der Waals surface area contributed by atoms with E-state index in [0.717, 1.165) is 0 Å². The maximum Gasteiger partial charge on any atom is 0.280 e. The molecule has 0 saturated heterocycles. The maximum absolute atomic E-state index is 13.2. The molecule has 2 heterocycles. The fraction of sp³-hybridized carbons (Fsp3) is 0.0625. The molecule has 15 heteroatoms. The molecule has 0 aliphatic heterocycles. The Kier molecular flexibility index (Phi) is 11.0. The van der Waals surface area contributed by atoms with E-state index in [1.807, 2.05) is 0 Å². The summed E-state index contributed by atoms with van der Waals surface area (Å²) < 4.78 is 25.5. The fourth-order valence-corrected chi connectivity index (χ4v) is 5.06. The van der Waals surface area contributed by atoms with Crippen molar-refractivity contribution in [2.24, 2.45) is 0 Å². The molecule has 0 aliphatic rings. The number of hydrogen-bond acceptors (Lipinski definition) is 8. The average Bonchev–Trinajstić information content (AvgIpc) is 3.01. The monoisotopic (exact) mass is 698 g/mol. The Balaban J connectivity index is 0.000000178. The Morgan fingerprint density at radius 3 is 1.72 bits per heavy atom. The van der Waals surface area contributed by atoms with Gasteiger partial charge in [-0.25, -0.2) is 18.7 Å². The van der Waals surface area contributed by atoms with E-state index < -0.39 is 21.5 Å². The first kappa shape index (κ1) is 34.7. The highest BCUT2D eigenvalue weighted by Crippen LogP contribution is 2.34. The third-order valence-electron chi connectivity index (χ3n) is 6.68. The third-order valence-corrected chi connectivity index (χ3v) is 7.56. The first-order valence-corrected chi connectivity index (χ1v) is 14.6. The molecule has 0 radical (unpaired) electrons. The molecule has 47 heavy (non-hydrogen) atoms. The van der Waals surface area contributed by atoms with Crippen LogP contribution in [0.2, 0.25) is 15.2 Å². The maximum atomic E-state index is 13.2. The van der Waals surface area contributed by atoms with Gasteiger partial charge in [0.2, 0.25) is 0 Å². The Morgan fingerprint density at radius 2 is 1.19 bits per heavy atom. The van der Waals surface area contributed by atoms with Crippen molar-refractivity contribution in [1.82, 2.24) is 9.97 Å². The highest BCUT2D eigenvalue weighted by Gasteiger charge is 2.18. The molecule has 0 saturated carbocycles. The summed E-state index contributed by atoms with van der Waals surface area (Å²) in [6.07, 6.45) is 2.96. The summed E-state index contributed by atoms with van der Waals surface area (Å²) in [5.41, 5.74) is 7.63. The van der Waals surface area contributed by atoms with Crippen LogP contribution in [0.15, 0.2) is 85.2 Å². The lowest BCUT2D eigenvalue weighted by molar-refractivity contribution is -0.383. The van der Waals surface area contributed by atoms with Gasteiger partial charge in [0, 0.05) is 45.7 Å². The summed E-state index contributed by atoms with van der Waals surface area (Å²) in [5.74, 6) is -0.520. The van der Waals surface area contributed by atoms with E-state index in [1.165, 1.54) is 48.8 Å². The zero-order valence-electron chi connectivity index (χ0n) is 24.5. The van der Waals surface area contributed by atoms with E-state index in [-0.39, 0.29) is 26.6 Å². The van der Waals surface area contributed by atoms with Crippen molar-refractivity contribution in [2.45, 2.75) is 13.8 Å². The zero-order valence-corrected chi connectivity index (χ0v) is 26.7. The number of pyridine rings is 2. The molecular formula is C32H23Cl3F2N6O4. The van der Waals surface area contributed by atoms with Gasteiger partial charge < -0.3 is 11.1 Å². The lowest BCUT2D eigenvalue weighted by Crippen LogP contribution is -1.98. The van der Waals surface area contributed by atoms with Gasteiger partial charge in [0.25, 0.3) is 11.4 Å². The van der Waals surface area contributed by atoms with Crippen molar-refractivity contribution in [3.63, 3.8) is 0 Å². The topological polar surface area (TPSA) is 150 Å². The predicted octanol–water partition coefficient (Wildman–Crippen LogP) is 10.2. The lowest BCUT2D eigenvalue weighted by atomic mass is 10.1. The number of nitrogens with two attached hydrogens (primary N) is 1. The number of halogens is 5. The number of benzene rings is 4. The average molecular weight is 700 g/mol. The molecule has 6 rings (SSSR count). The van der Waals surface area contributed by atoms with E-state index in [1.54, 1.807) is 50.2 Å². The molecule has 10 nitrogen and oxygen atoms in total. The number of anilines is 3. The van der Waals surface area contributed by atoms with Gasteiger partial charge in [-0.1, -0.05) is 53.0 Å². The molecule has 2 aromatic heterocycles. The molecule has 4 aromatic carbocycles. The number of aromatic nitrogens is 2. The second-order valence-corrected chi connectivity index (χ2v) is 11.0. The molecule has 240 valence electrons. The van der Waals surface area contributed by atoms with Crippen LogP contribution in [0.4, 0.5) is 37.3 Å². The van der Waals surface area contributed by atoms with E-state index in [9.17, 15) is 29.0 Å². The molecule has 0 fully saturated rings. The fourth-order valence-electron chi connectivity index (χ4n) is 4.47. The molecule has 6 aromatic rings. The van der Waals surface area contributed by atoms with Crippen LogP contribution in [0, 0.1) is 45.7 Å². The summed E-state index contributed by atoms with van der Waals surface area (Å²) >= 11 is 17.0. The van der Waals surface area contributed by atoms with Crippen molar-refractivity contribution in [3.05, 3.63) is 143 Å². The first-order valence-electron chi connectivity index (χ1n) is 13.4. The number of rotatable bonds is 4. The minimum absolute atomic E-state index is 0.0166. The summed E-state index contributed by atoms with van der Waals surface area (Å²) in [4.78, 5) is 29.5. The van der Waals surface area contributed by atoms with Gasteiger partial charge in [0.05, 0.1) is 30.7 Å². The summed E-state index contributed by atoms with van der Waals surface area (Å²) in [7, 11) is 0. The van der Waals surface area contributed by atoms with Crippen LogP contribution in [0.3, 0.4) is 0 Å². The van der Waals surface area contributed by atoms with Crippen molar-refractivity contribution in [3.8, 4) is 0 Å². The molecule has 0 unspecified atom stereocenters. The zero-order chi connectivity index (χ0) is 34.4. The standard InChI is InChI=1S/C16H11ClFN3O2.C10H7ClN2O2.C6H5ClFN/c1-9-2-4-12-11(15(9)21(22)23)6-7-19-16(12)20-10-3-5-14(18)13(17)8-10;1-6-2-3-8-7(9(6)13(14)15)4-5-12-10(8)11;7-5-3-4(9)1-2-6(5)8/h2-8H,1H3,(H,19,20);2-5H,1H3;1-3H,9H2. The van der Waals surface area contributed by atoms with E-state index in [0.29, 0.717) is 49.9 Å². The van der Waals surface area contributed by atoms with Crippen LogP contribution < -0.4 is 11.1 Å². The van der Waals surface area contributed by atoms with Crippen LogP contribution in [-0.4, -0.2) is 19.8 Å². The quantitative estimate of drug-likeness (QED) is 0.0799. The van der Waals surface area contributed by atoms with Crippen LogP contribution >= 0.6 is 34.8 Å². The Bertz CT molecular complexity index is 2150. The Labute approximate surface area is 281 Å². The molecular weight excluding hydrogens is 677 g/mol. The van der Waals surface area contributed by atoms with Crippen molar-refractivity contribution in [2.75, 3.05) is 11.1 Å². The van der Waals surface area contributed by atoms with Gasteiger partial charge in [-0.05, 0) is 68.4 Å². The van der Waals surface area contributed by atoms with E-state index in [2.05, 4.69) is 15.3 Å². The molecule has 0 spiro atoms. The van der Waals surface area contributed by atoms with Crippen LogP contribution in [0.5, 0.6) is 0 Å². The van der Waals surface area contributed by atoms with E-state index in [4.69, 9.17) is 40.5 Å². The van der Waals surface area contributed by atoms with E-state index >= 15 is 0 Å². The van der Waals surface area contributed by atoms with Crippen LogP contribution in [-0.2, 0) is 0 Å². The normalized spacial score (nSPS) is 10.4. The number of nitrogens with one attached hydrogen (secondary N) is 1. The SMILES string of the molecule is Cc1ccc2c(Cl)nccc2c1[N+](=O)[O-].Cc1ccc2c(Nc3ccc(F)c(Cl)c3)nccc2c1[N+](=O)[O-].Nc1ccc(F)c(Cl)c1. The number of hydrogen-bond donors (Lipinski definition) is 2. The predicted molar refractivity (Wildman–Crippen MR) is 182 cm³/mol. The molecule has 0 amide bonds. The van der Waals surface area contributed by atoms with Crippen molar-refractivity contribution in [1.29, 1.82) is 0 Å². The van der Waals surface area contributed by atoms with Crippen LogP contribution in [0.25, 0.3) is 21.5 Å². The van der Waals surface area contributed by atoms with Crippen molar-refractivity contribution >= 4 is 84.9 Å². The molecule has 0 atom stereocenters. The smallest absolute Gasteiger partial charge is 0.280 e. The second kappa shape index (κ2) is 14.9. The summed E-state index contributed by atoms with van der Waals surface area (Å²) in [6, 6.07) is 18.3. The van der Waals surface area contributed by atoms with Gasteiger partial charge in [-0.15, -0.1) is 0 Å².